The summed E-state index contributed by atoms with van der Waals surface area (Å²) in [5, 5.41) is 9.47. The van der Waals surface area contributed by atoms with Crippen LogP contribution in [0.25, 0.3) is 5.69 Å². The molecule has 1 aromatic carbocycles. The van der Waals surface area contributed by atoms with Crippen molar-refractivity contribution in [3.63, 3.8) is 0 Å². The third-order valence-corrected chi connectivity index (χ3v) is 4.86. The second kappa shape index (κ2) is 7.86. The molecule has 0 bridgehead atoms. The lowest BCUT2D eigenvalue weighted by atomic mass is 10.1. The van der Waals surface area contributed by atoms with Crippen LogP contribution in [0, 0.1) is 12.7 Å². The van der Waals surface area contributed by atoms with Gasteiger partial charge in [0, 0.05) is 23.5 Å². The lowest BCUT2D eigenvalue weighted by Crippen LogP contribution is -2.45. The molecule has 3 aromatic rings. The number of carbonyl (C=O) groups is 2. The summed E-state index contributed by atoms with van der Waals surface area (Å²) in [5.74, 6) is -1.72. The number of aromatic nitrogens is 3. The van der Waals surface area contributed by atoms with E-state index in [2.05, 4.69) is 20.7 Å². The molecular formula is C21H18FN5O3. The minimum Gasteiger partial charge on any atom is -0.339 e. The van der Waals surface area contributed by atoms with E-state index in [1.54, 1.807) is 13.0 Å². The Bertz CT molecular complexity index is 1210. The first-order valence-electron chi connectivity index (χ1n) is 9.34. The van der Waals surface area contributed by atoms with E-state index < -0.39 is 23.2 Å². The van der Waals surface area contributed by atoms with Gasteiger partial charge in [0.05, 0.1) is 18.1 Å². The number of fused-ring (bicyclic) bond motifs is 1. The first-order valence-corrected chi connectivity index (χ1v) is 9.34. The van der Waals surface area contributed by atoms with Crippen molar-refractivity contribution in [2.75, 3.05) is 5.32 Å². The number of carbonyl (C=O) groups excluding carboxylic acids is 2. The van der Waals surface area contributed by atoms with E-state index in [1.807, 2.05) is 18.2 Å². The highest BCUT2D eigenvalue weighted by Gasteiger charge is 2.27. The highest BCUT2D eigenvalue weighted by molar-refractivity contribution is 6.01. The van der Waals surface area contributed by atoms with E-state index in [-0.39, 0.29) is 17.3 Å². The van der Waals surface area contributed by atoms with Crippen molar-refractivity contribution in [3.05, 3.63) is 81.8 Å². The Hall–Kier alpha value is -3.88. The van der Waals surface area contributed by atoms with Crippen LogP contribution in [0.1, 0.15) is 28.2 Å². The van der Waals surface area contributed by atoms with Crippen LogP contribution in [-0.2, 0) is 11.2 Å². The van der Waals surface area contributed by atoms with Gasteiger partial charge in [-0.3, -0.25) is 19.4 Å². The van der Waals surface area contributed by atoms with Gasteiger partial charge in [0.1, 0.15) is 11.9 Å². The molecular weight excluding hydrogens is 389 g/mol. The summed E-state index contributed by atoms with van der Waals surface area (Å²) in [6, 6.07) is 9.00. The third kappa shape index (κ3) is 3.82. The van der Waals surface area contributed by atoms with Crippen LogP contribution in [0.15, 0.2) is 53.6 Å². The number of amides is 2. The van der Waals surface area contributed by atoms with Gasteiger partial charge < -0.3 is 10.6 Å². The fourth-order valence-electron chi connectivity index (χ4n) is 3.36. The van der Waals surface area contributed by atoms with Gasteiger partial charge in [0.2, 0.25) is 11.3 Å². The Morgan fingerprint density at radius 3 is 2.83 bits per heavy atom. The van der Waals surface area contributed by atoms with Gasteiger partial charge in [-0.15, -0.1) is 0 Å². The number of nitrogens with one attached hydrogen (secondary N) is 2. The molecule has 1 unspecified atom stereocenters. The summed E-state index contributed by atoms with van der Waals surface area (Å²) >= 11 is 0. The molecule has 0 saturated heterocycles. The van der Waals surface area contributed by atoms with Crippen molar-refractivity contribution < 1.29 is 14.0 Å². The molecule has 0 spiro atoms. The molecule has 3 heterocycles. The highest BCUT2D eigenvalue weighted by atomic mass is 19.1. The molecule has 0 aliphatic carbocycles. The molecule has 4 rings (SSSR count). The number of nitrogens with zero attached hydrogens (tertiary/aromatic N) is 3. The molecule has 0 saturated carbocycles. The standard InChI is InChI=1S/C21H18FN5O3/c1-12-8-18(28)19(26-27(12)15-9-14(22)10-23-11-15)21(30)25-17-7-6-13-4-2-3-5-16(13)24-20(17)29/h2-5,8-11,17H,6-7H2,1H3,(H,24,29)(H,25,30). The predicted octanol–water partition coefficient (Wildman–Crippen LogP) is 1.76. The Morgan fingerprint density at radius 1 is 1.23 bits per heavy atom. The van der Waals surface area contributed by atoms with E-state index in [4.69, 9.17) is 0 Å². The van der Waals surface area contributed by atoms with Gasteiger partial charge in [0.15, 0.2) is 5.69 Å². The molecule has 152 valence electrons. The number of hydrogen-bond acceptors (Lipinski definition) is 5. The van der Waals surface area contributed by atoms with Crippen LogP contribution < -0.4 is 16.1 Å². The van der Waals surface area contributed by atoms with Crippen molar-refractivity contribution in [1.82, 2.24) is 20.1 Å². The zero-order chi connectivity index (χ0) is 21.3. The minimum atomic E-state index is -0.823. The lowest BCUT2D eigenvalue weighted by molar-refractivity contribution is -0.118. The predicted molar refractivity (Wildman–Crippen MR) is 107 cm³/mol. The van der Waals surface area contributed by atoms with Gasteiger partial charge in [-0.1, -0.05) is 18.2 Å². The Morgan fingerprint density at radius 2 is 2.03 bits per heavy atom. The number of halogens is 1. The van der Waals surface area contributed by atoms with Gasteiger partial charge >= 0.3 is 0 Å². The molecule has 2 amide bonds. The number of benzene rings is 1. The fraction of sp³-hybridized carbons (Fsp3) is 0.190. The van der Waals surface area contributed by atoms with Crippen LogP contribution in [0.4, 0.5) is 10.1 Å². The largest absolute Gasteiger partial charge is 0.339 e. The molecule has 0 fully saturated rings. The van der Waals surface area contributed by atoms with Crippen molar-refractivity contribution in [3.8, 4) is 5.69 Å². The molecule has 2 N–H and O–H groups in total. The maximum atomic E-state index is 13.5. The maximum absolute atomic E-state index is 13.5. The Labute approximate surface area is 170 Å². The van der Waals surface area contributed by atoms with Gasteiger partial charge in [-0.2, -0.15) is 5.10 Å². The Kier molecular flexibility index (Phi) is 5.09. The second-order valence-electron chi connectivity index (χ2n) is 6.98. The van der Waals surface area contributed by atoms with Crippen LogP contribution >= 0.6 is 0 Å². The van der Waals surface area contributed by atoms with Crippen molar-refractivity contribution in [1.29, 1.82) is 0 Å². The van der Waals surface area contributed by atoms with Crippen molar-refractivity contribution in [2.45, 2.75) is 25.8 Å². The number of aryl methyl sites for hydroxylation is 2. The SMILES string of the molecule is Cc1cc(=O)c(C(=O)NC2CCc3ccccc3NC2=O)nn1-c1cncc(F)c1. The molecule has 8 nitrogen and oxygen atoms in total. The quantitative estimate of drug-likeness (QED) is 0.688. The number of anilines is 1. The van der Waals surface area contributed by atoms with E-state index in [0.29, 0.717) is 24.2 Å². The molecule has 1 atom stereocenters. The summed E-state index contributed by atoms with van der Waals surface area (Å²) in [4.78, 5) is 41.4. The first kappa shape index (κ1) is 19.4. The summed E-state index contributed by atoms with van der Waals surface area (Å²) in [5.41, 5.74) is 1.36. The molecule has 1 aliphatic heterocycles. The van der Waals surface area contributed by atoms with Crippen molar-refractivity contribution >= 4 is 17.5 Å². The Balaban J connectivity index is 1.60. The smallest absolute Gasteiger partial charge is 0.276 e. The first-order chi connectivity index (χ1) is 14.4. The normalized spacial score (nSPS) is 15.7. The second-order valence-corrected chi connectivity index (χ2v) is 6.98. The third-order valence-electron chi connectivity index (χ3n) is 4.86. The average molecular weight is 407 g/mol. The number of rotatable bonds is 3. The topological polar surface area (TPSA) is 106 Å². The lowest BCUT2D eigenvalue weighted by Gasteiger charge is -2.16. The molecule has 2 aromatic heterocycles. The highest BCUT2D eigenvalue weighted by Crippen LogP contribution is 2.21. The maximum Gasteiger partial charge on any atom is 0.276 e. The fourth-order valence-corrected chi connectivity index (χ4v) is 3.36. The van der Waals surface area contributed by atoms with E-state index in [9.17, 15) is 18.8 Å². The van der Waals surface area contributed by atoms with Crippen LogP contribution in [0.3, 0.4) is 0 Å². The zero-order valence-electron chi connectivity index (χ0n) is 16.1. The molecule has 0 radical (unpaired) electrons. The van der Waals surface area contributed by atoms with E-state index in [1.165, 1.54) is 23.0 Å². The summed E-state index contributed by atoms with van der Waals surface area (Å²) in [7, 11) is 0. The monoisotopic (exact) mass is 407 g/mol. The van der Waals surface area contributed by atoms with Gasteiger partial charge in [0.25, 0.3) is 5.91 Å². The summed E-state index contributed by atoms with van der Waals surface area (Å²) in [6.07, 6.45) is 3.37. The molecule has 30 heavy (non-hydrogen) atoms. The molecule has 9 heteroatoms. The zero-order valence-corrected chi connectivity index (χ0v) is 16.1. The average Bonchev–Trinajstić information content (AvgIpc) is 2.86. The minimum absolute atomic E-state index is 0.268. The van der Waals surface area contributed by atoms with Gasteiger partial charge in [-0.05, 0) is 31.4 Å². The number of hydrogen-bond donors (Lipinski definition) is 2. The summed E-state index contributed by atoms with van der Waals surface area (Å²) < 4.78 is 14.8. The van der Waals surface area contributed by atoms with Crippen LogP contribution in [-0.4, -0.2) is 32.6 Å². The van der Waals surface area contributed by atoms with E-state index >= 15 is 0 Å². The van der Waals surface area contributed by atoms with Crippen molar-refractivity contribution in [2.24, 2.45) is 0 Å². The van der Waals surface area contributed by atoms with Gasteiger partial charge in [-0.25, -0.2) is 9.07 Å². The van der Waals surface area contributed by atoms with Crippen LogP contribution in [0.5, 0.6) is 0 Å². The summed E-state index contributed by atoms with van der Waals surface area (Å²) in [6.45, 7) is 1.61. The number of para-hydroxylation sites is 1. The van der Waals surface area contributed by atoms with E-state index in [0.717, 1.165) is 11.8 Å². The molecule has 1 aliphatic rings. The van der Waals surface area contributed by atoms with Crippen LogP contribution in [0.2, 0.25) is 0 Å². The number of pyridine rings is 1.